The van der Waals surface area contributed by atoms with Crippen molar-refractivity contribution in [1.29, 1.82) is 0 Å². The van der Waals surface area contributed by atoms with Crippen molar-refractivity contribution in [3.05, 3.63) is 34.9 Å². The van der Waals surface area contributed by atoms with E-state index >= 15 is 0 Å². The molecule has 32 heavy (non-hydrogen) atoms. The minimum atomic E-state index is -4.50. The number of amides is 1. The highest BCUT2D eigenvalue weighted by Gasteiger charge is 2.51. The van der Waals surface area contributed by atoms with E-state index in [1.807, 2.05) is 0 Å². The summed E-state index contributed by atoms with van der Waals surface area (Å²) in [6.45, 7) is 3.00. The lowest BCUT2D eigenvalue weighted by molar-refractivity contribution is -0.151. The number of carbonyl (C=O) groups excluding carboxylic acids is 1. The Balaban J connectivity index is 1.52. The zero-order valence-corrected chi connectivity index (χ0v) is 18.2. The molecular weight excluding hydrogens is 425 g/mol. The molecule has 3 aliphatic rings. The molecule has 0 spiro atoms. The largest absolute Gasteiger partial charge is 0.416 e. The number of alkyl halides is 3. The molecule has 1 aromatic carbocycles. The summed E-state index contributed by atoms with van der Waals surface area (Å²) in [6.07, 6.45) is -2.97. The van der Waals surface area contributed by atoms with Crippen LogP contribution in [0.4, 0.5) is 13.2 Å². The number of rotatable bonds is 4. The quantitative estimate of drug-likeness (QED) is 0.649. The standard InChI is InChI=1S/C23H31F3N2O4/c1-14(29)22(7-4-18(11-22)27-17-5-8-32-9-6-17)21(31)28-12-15-10-16(23(24,25)26)2-3-19(15)20(30)13-28/h2-3,10,14,17-18,20,27,29-30H,4-9,11-13H2,1H3. The third-order valence-electron chi connectivity index (χ3n) is 7.34. The van der Waals surface area contributed by atoms with Crippen LogP contribution in [0.2, 0.25) is 0 Å². The number of aliphatic hydroxyl groups excluding tert-OH is 2. The predicted octanol–water partition coefficient (Wildman–Crippen LogP) is 2.77. The summed E-state index contributed by atoms with van der Waals surface area (Å²) in [5.74, 6) is -0.300. The first-order chi connectivity index (χ1) is 15.1. The molecule has 1 amide bonds. The average molecular weight is 457 g/mol. The van der Waals surface area contributed by atoms with Crippen LogP contribution in [0, 0.1) is 5.41 Å². The van der Waals surface area contributed by atoms with Crippen molar-refractivity contribution in [3.8, 4) is 0 Å². The number of hydrogen-bond acceptors (Lipinski definition) is 5. The number of aliphatic hydroxyl groups is 2. The first-order valence-corrected chi connectivity index (χ1v) is 11.3. The Bertz CT molecular complexity index is 841. The molecule has 0 bridgehead atoms. The van der Waals surface area contributed by atoms with Gasteiger partial charge in [0.15, 0.2) is 0 Å². The van der Waals surface area contributed by atoms with E-state index in [9.17, 15) is 28.2 Å². The van der Waals surface area contributed by atoms with Crippen LogP contribution >= 0.6 is 0 Å². The van der Waals surface area contributed by atoms with E-state index in [1.165, 1.54) is 11.0 Å². The second-order valence-corrected chi connectivity index (χ2v) is 9.44. The Labute approximate surface area is 185 Å². The highest BCUT2D eigenvalue weighted by molar-refractivity contribution is 5.84. The summed E-state index contributed by atoms with van der Waals surface area (Å²) in [6, 6.07) is 3.66. The number of ether oxygens (including phenoxy) is 1. The molecule has 2 aliphatic heterocycles. The average Bonchev–Trinajstić information content (AvgIpc) is 3.18. The second kappa shape index (κ2) is 8.93. The molecule has 4 unspecified atom stereocenters. The van der Waals surface area contributed by atoms with Crippen molar-refractivity contribution in [3.63, 3.8) is 0 Å². The van der Waals surface area contributed by atoms with Gasteiger partial charge < -0.3 is 25.2 Å². The fourth-order valence-electron chi connectivity index (χ4n) is 5.46. The molecule has 1 saturated heterocycles. The Morgan fingerprint density at radius 3 is 2.62 bits per heavy atom. The molecule has 3 N–H and O–H groups in total. The van der Waals surface area contributed by atoms with Gasteiger partial charge in [-0.15, -0.1) is 0 Å². The first kappa shape index (κ1) is 23.5. The lowest BCUT2D eigenvalue weighted by atomic mass is 9.78. The summed E-state index contributed by atoms with van der Waals surface area (Å²) < 4.78 is 44.9. The normalized spacial score (nSPS) is 30.2. The highest BCUT2D eigenvalue weighted by atomic mass is 19.4. The van der Waals surface area contributed by atoms with Gasteiger partial charge in [-0.2, -0.15) is 13.2 Å². The molecule has 1 aliphatic carbocycles. The van der Waals surface area contributed by atoms with Crippen LogP contribution < -0.4 is 5.32 Å². The van der Waals surface area contributed by atoms with Crippen LogP contribution in [0.15, 0.2) is 18.2 Å². The van der Waals surface area contributed by atoms with Crippen molar-refractivity contribution in [2.75, 3.05) is 19.8 Å². The first-order valence-electron chi connectivity index (χ1n) is 11.3. The van der Waals surface area contributed by atoms with Crippen LogP contribution in [-0.4, -0.2) is 59.0 Å². The molecule has 1 aromatic rings. The molecule has 6 nitrogen and oxygen atoms in total. The van der Waals surface area contributed by atoms with Gasteiger partial charge in [-0.3, -0.25) is 4.79 Å². The van der Waals surface area contributed by atoms with Gasteiger partial charge in [-0.05, 0) is 62.3 Å². The number of β-amino-alcohol motifs (C(OH)–C–C–N with tert-alkyl or cyclic N) is 1. The second-order valence-electron chi connectivity index (χ2n) is 9.44. The van der Waals surface area contributed by atoms with Crippen molar-refractivity contribution in [1.82, 2.24) is 10.2 Å². The van der Waals surface area contributed by atoms with Gasteiger partial charge in [-0.25, -0.2) is 0 Å². The summed E-state index contributed by atoms with van der Waals surface area (Å²) in [5, 5.41) is 24.8. The summed E-state index contributed by atoms with van der Waals surface area (Å²) in [5.41, 5.74) is -1.10. The third-order valence-corrected chi connectivity index (χ3v) is 7.34. The maximum absolute atomic E-state index is 13.6. The van der Waals surface area contributed by atoms with Gasteiger partial charge in [0.25, 0.3) is 0 Å². The van der Waals surface area contributed by atoms with E-state index in [1.54, 1.807) is 6.92 Å². The fourth-order valence-corrected chi connectivity index (χ4v) is 5.46. The topological polar surface area (TPSA) is 82.0 Å². The van der Waals surface area contributed by atoms with Crippen molar-refractivity contribution in [2.45, 2.75) is 76.0 Å². The maximum Gasteiger partial charge on any atom is 0.416 e. The van der Waals surface area contributed by atoms with E-state index in [4.69, 9.17) is 4.74 Å². The lowest BCUT2D eigenvalue weighted by Crippen LogP contribution is -2.51. The number of carbonyl (C=O) groups is 1. The number of fused-ring (bicyclic) bond motifs is 1. The number of halogens is 3. The van der Waals surface area contributed by atoms with Gasteiger partial charge in [0.1, 0.15) is 0 Å². The SMILES string of the molecule is CC(O)C1(C(=O)N2Cc3cc(C(F)(F)F)ccc3C(O)C2)CCC(NC2CCOCC2)C1. The van der Waals surface area contributed by atoms with Gasteiger partial charge in [0.05, 0.1) is 29.7 Å². The van der Waals surface area contributed by atoms with Crippen molar-refractivity contribution >= 4 is 5.91 Å². The number of nitrogens with one attached hydrogen (secondary N) is 1. The fraction of sp³-hybridized carbons (Fsp3) is 0.696. The molecule has 9 heteroatoms. The van der Waals surface area contributed by atoms with Crippen LogP contribution in [0.3, 0.4) is 0 Å². The molecule has 4 rings (SSSR count). The van der Waals surface area contributed by atoms with E-state index in [0.29, 0.717) is 43.2 Å². The Kier molecular flexibility index (Phi) is 6.55. The van der Waals surface area contributed by atoms with Gasteiger partial charge in [0, 0.05) is 31.8 Å². The van der Waals surface area contributed by atoms with Crippen LogP contribution in [0.25, 0.3) is 0 Å². The van der Waals surface area contributed by atoms with Crippen LogP contribution in [0.5, 0.6) is 0 Å². The lowest BCUT2D eigenvalue weighted by Gasteiger charge is -2.40. The Morgan fingerprint density at radius 1 is 1.25 bits per heavy atom. The van der Waals surface area contributed by atoms with Gasteiger partial charge in [0.2, 0.25) is 5.91 Å². The van der Waals surface area contributed by atoms with E-state index < -0.39 is 29.4 Å². The predicted molar refractivity (Wildman–Crippen MR) is 111 cm³/mol. The van der Waals surface area contributed by atoms with Gasteiger partial charge in [-0.1, -0.05) is 6.07 Å². The minimum Gasteiger partial charge on any atom is -0.392 e. The van der Waals surface area contributed by atoms with Crippen molar-refractivity contribution < 1.29 is 32.9 Å². The molecule has 0 aromatic heterocycles. The van der Waals surface area contributed by atoms with E-state index in [2.05, 4.69) is 5.32 Å². The van der Waals surface area contributed by atoms with Crippen LogP contribution in [-0.2, 0) is 22.3 Å². The molecule has 2 heterocycles. The molecule has 0 radical (unpaired) electrons. The van der Waals surface area contributed by atoms with E-state index in [-0.39, 0.29) is 25.0 Å². The summed E-state index contributed by atoms with van der Waals surface area (Å²) >= 11 is 0. The molecule has 4 atom stereocenters. The van der Waals surface area contributed by atoms with Gasteiger partial charge >= 0.3 is 6.18 Å². The minimum absolute atomic E-state index is 0.00370. The Morgan fingerprint density at radius 2 is 1.97 bits per heavy atom. The number of benzene rings is 1. The molecule has 1 saturated carbocycles. The smallest absolute Gasteiger partial charge is 0.392 e. The number of hydrogen-bond donors (Lipinski definition) is 3. The monoisotopic (exact) mass is 456 g/mol. The molecule has 178 valence electrons. The molecule has 2 fully saturated rings. The van der Waals surface area contributed by atoms with Crippen molar-refractivity contribution in [2.24, 2.45) is 5.41 Å². The molecular formula is C23H31F3N2O4. The highest BCUT2D eigenvalue weighted by Crippen LogP contribution is 2.45. The zero-order valence-electron chi connectivity index (χ0n) is 18.2. The van der Waals surface area contributed by atoms with Crippen LogP contribution in [0.1, 0.15) is 61.8 Å². The zero-order chi connectivity index (χ0) is 23.1. The van der Waals surface area contributed by atoms with E-state index in [0.717, 1.165) is 31.4 Å². The summed E-state index contributed by atoms with van der Waals surface area (Å²) in [4.78, 5) is 15.0. The maximum atomic E-state index is 13.6. The summed E-state index contributed by atoms with van der Waals surface area (Å²) in [7, 11) is 0. The Hall–Kier alpha value is -1.68. The third kappa shape index (κ3) is 4.53. The number of nitrogens with zero attached hydrogens (tertiary/aromatic N) is 1.